The van der Waals surface area contributed by atoms with Crippen LogP contribution in [-0.2, 0) is 11.3 Å². The molecule has 0 bridgehead atoms. The topological polar surface area (TPSA) is 74.0 Å². The molecule has 0 fully saturated rings. The van der Waals surface area contributed by atoms with E-state index in [2.05, 4.69) is 30.3 Å². The van der Waals surface area contributed by atoms with Gasteiger partial charge >= 0.3 is 0 Å². The highest BCUT2D eigenvalue weighted by molar-refractivity contribution is 5.93. The second-order valence-electron chi connectivity index (χ2n) is 6.31. The predicted molar refractivity (Wildman–Crippen MR) is 97.9 cm³/mol. The van der Waals surface area contributed by atoms with E-state index in [1.165, 1.54) is 0 Å². The van der Waals surface area contributed by atoms with Crippen LogP contribution < -0.4 is 5.32 Å². The number of nitriles is 1. The molecule has 6 nitrogen and oxygen atoms in total. The van der Waals surface area contributed by atoms with Gasteiger partial charge in [-0.15, -0.1) is 0 Å². The van der Waals surface area contributed by atoms with E-state index in [-0.39, 0.29) is 18.0 Å². The van der Waals surface area contributed by atoms with Crippen molar-refractivity contribution in [1.82, 2.24) is 14.7 Å². The summed E-state index contributed by atoms with van der Waals surface area (Å²) in [4.78, 5) is 14.5. The van der Waals surface area contributed by atoms with Gasteiger partial charge in [-0.25, -0.2) is 4.68 Å². The Bertz CT molecular complexity index is 744. The number of carbonyl (C=O) groups is 1. The quantitative estimate of drug-likeness (QED) is 0.841. The van der Waals surface area contributed by atoms with Crippen molar-refractivity contribution in [3.05, 3.63) is 47.7 Å². The number of hydrogen-bond donors (Lipinski definition) is 1. The monoisotopic (exact) mass is 339 g/mol. The molecule has 25 heavy (non-hydrogen) atoms. The number of benzene rings is 1. The predicted octanol–water partition coefficient (Wildman–Crippen LogP) is 3.18. The van der Waals surface area contributed by atoms with Crippen LogP contribution in [0.15, 0.2) is 36.5 Å². The zero-order chi connectivity index (χ0) is 18.4. The van der Waals surface area contributed by atoms with Crippen LogP contribution in [0.3, 0.4) is 0 Å². The van der Waals surface area contributed by atoms with Crippen LogP contribution >= 0.6 is 0 Å². The van der Waals surface area contributed by atoms with E-state index >= 15 is 0 Å². The Hall–Kier alpha value is -2.65. The number of amides is 1. The number of anilines is 1. The molecule has 0 unspecified atom stereocenters. The lowest BCUT2D eigenvalue weighted by atomic mass is 10.1. The summed E-state index contributed by atoms with van der Waals surface area (Å²) in [5, 5.41) is 16.1. The number of likely N-dealkylation sites (N-methyl/N-ethyl adjacent to an activating group) is 1. The first kappa shape index (κ1) is 18.7. The van der Waals surface area contributed by atoms with Crippen molar-refractivity contribution in [2.75, 3.05) is 12.4 Å². The molecule has 1 N–H and O–H groups in total. The van der Waals surface area contributed by atoms with E-state index in [1.54, 1.807) is 18.3 Å². The first-order chi connectivity index (χ1) is 12.0. The Balaban J connectivity index is 1.99. The normalized spacial score (nSPS) is 13.3. The summed E-state index contributed by atoms with van der Waals surface area (Å²) >= 11 is 0. The van der Waals surface area contributed by atoms with Crippen LogP contribution in [0.4, 0.5) is 5.82 Å². The Morgan fingerprint density at radius 3 is 2.60 bits per heavy atom. The third-order valence-corrected chi connectivity index (χ3v) is 4.49. The van der Waals surface area contributed by atoms with Gasteiger partial charge in [-0.1, -0.05) is 19.1 Å². The minimum Gasteiger partial charge on any atom is -0.310 e. The van der Waals surface area contributed by atoms with Crippen molar-refractivity contribution >= 4 is 11.7 Å². The molecule has 6 heteroatoms. The molecular weight excluding hydrogens is 314 g/mol. The van der Waals surface area contributed by atoms with E-state index in [0.717, 1.165) is 17.8 Å². The van der Waals surface area contributed by atoms with E-state index in [0.29, 0.717) is 12.1 Å². The number of nitrogens with one attached hydrogen (secondary N) is 1. The lowest BCUT2D eigenvalue weighted by Gasteiger charge is -2.24. The van der Waals surface area contributed by atoms with Gasteiger partial charge in [0.05, 0.1) is 29.9 Å². The second kappa shape index (κ2) is 8.45. The Kier molecular flexibility index (Phi) is 6.31. The zero-order valence-electron chi connectivity index (χ0n) is 15.2. The fourth-order valence-corrected chi connectivity index (χ4v) is 2.48. The summed E-state index contributed by atoms with van der Waals surface area (Å²) in [5.74, 6) is 0.652. The lowest BCUT2D eigenvalue weighted by molar-refractivity contribution is -0.120. The maximum Gasteiger partial charge on any atom is 0.242 e. The Morgan fingerprint density at radius 1 is 1.32 bits per heavy atom. The van der Waals surface area contributed by atoms with Crippen molar-refractivity contribution in [2.24, 2.45) is 0 Å². The summed E-state index contributed by atoms with van der Waals surface area (Å²) in [6.07, 6.45) is 2.64. The lowest BCUT2D eigenvalue weighted by Crippen LogP contribution is -2.39. The van der Waals surface area contributed by atoms with Gasteiger partial charge in [-0.05, 0) is 45.0 Å². The molecule has 0 spiro atoms. The third kappa shape index (κ3) is 4.68. The van der Waals surface area contributed by atoms with Crippen molar-refractivity contribution < 1.29 is 4.79 Å². The standard InChI is InChI=1S/C19H25N5O/c1-5-14(2)24-18(10-11-21-24)22-19(25)15(3)23(4)13-17-8-6-16(12-20)7-9-17/h6-11,14-15H,5,13H2,1-4H3,(H,22,25)/t14-,15-/m0/s1. The molecule has 2 atom stereocenters. The average Bonchev–Trinajstić information content (AvgIpc) is 3.08. The van der Waals surface area contributed by atoms with Gasteiger partial charge in [0, 0.05) is 12.6 Å². The molecule has 0 aliphatic heterocycles. The zero-order valence-corrected chi connectivity index (χ0v) is 15.2. The fraction of sp³-hybridized carbons (Fsp3) is 0.421. The minimum atomic E-state index is -0.295. The summed E-state index contributed by atoms with van der Waals surface area (Å²) < 4.78 is 1.84. The summed E-state index contributed by atoms with van der Waals surface area (Å²) in [6.45, 7) is 6.67. The molecule has 0 saturated heterocycles. The number of aromatic nitrogens is 2. The third-order valence-electron chi connectivity index (χ3n) is 4.49. The molecule has 2 rings (SSSR count). The molecule has 132 valence electrons. The van der Waals surface area contributed by atoms with Gasteiger partial charge in [-0.2, -0.15) is 10.4 Å². The van der Waals surface area contributed by atoms with Crippen LogP contribution in [-0.4, -0.2) is 33.7 Å². The SMILES string of the molecule is CC[C@H](C)n1nccc1NC(=O)[C@H](C)N(C)Cc1ccc(C#N)cc1. The highest BCUT2D eigenvalue weighted by Gasteiger charge is 2.20. The first-order valence-corrected chi connectivity index (χ1v) is 8.50. The van der Waals surface area contributed by atoms with Crippen molar-refractivity contribution in [1.29, 1.82) is 5.26 Å². The van der Waals surface area contributed by atoms with E-state index in [9.17, 15) is 4.79 Å². The Labute approximate surface area is 149 Å². The van der Waals surface area contributed by atoms with Crippen molar-refractivity contribution in [3.8, 4) is 6.07 Å². The largest absolute Gasteiger partial charge is 0.310 e. The van der Waals surface area contributed by atoms with Gasteiger partial charge in [0.1, 0.15) is 5.82 Å². The smallest absolute Gasteiger partial charge is 0.242 e. The number of rotatable bonds is 7. The average molecular weight is 339 g/mol. The van der Waals surface area contributed by atoms with Gasteiger partial charge in [0.15, 0.2) is 0 Å². The van der Waals surface area contributed by atoms with Crippen molar-refractivity contribution in [2.45, 2.75) is 45.8 Å². The number of nitrogens with zero attached hydrogens (tertiary/aromatic N) is 4. The van der Waals surface area contributed by atoms with E-state index in [4.69, 9.17) is 5.26 Å². The molecule has 2 aromatic rings. The molecule has 0 saturated carbocycles. The molecule has 1 amide bonds. The van der Waals surface area contributed by atoms with Gasteiger partial charge in [0.25, 0.3) is 0 Å². The van der Waals surface area contributed by atoms with Gasteiger partial charge in [0.2, 0.25) is 5.91 Å². The van der Waals surface area contributed by atoms with Crippen LogP contribution in [0.5, 0.6) is 0 Å². The fourth-order valence-electron chi connectivity index (χ4n) is 2.48. The number of carbonyl (C=O) groups excluding carboxylic acids is 1. The van der Waals surface area contributed by atoms with Gasteiger partial charge in [-0.3, -0.25) is 9.69 Å². The molecule has 1 aromatic carbocycles. The van der Waals surface area contributed by atoms with Gasteiger partial charge < -0.3 is 5.32 Å². The first-order valence-electron chi connectivity index (χ1n) is 8.50. The molecule has 0 aliphatic carbocycles. The minimum absolute atomic E-state index is 0.0683. The van der Waals surface area contributed by atoms with E-state index in [1.807, 2.05) is 41.8 Å². The molecule has 1 heterocycles. The molecule has 1 aromatic heterocycles. The molecular formula is C19H25N5O. The molecule has 0 aliphatic rings. The highest BCUT2D eigenvalue weighted by Crippen LogP contribution is 2.17. The summed E-state index contributed by atoms with van der Waals surface area (Å²) in [5.41, 5.74) is 1.70. The summed E-state index contributed by atoms with van der Waals surface area (Å²) in [6, 6.07) is 11.3. The molecule has 0 radical (unpaired) electrons. The van der Waals surface area contributed by atoms with E-state index < -0.39 is 0 Å². The summed E-state index contributed by atoms with van der Waals surface area (Å²) in [7, 11) is 1.91. The van der Waals surface area contributed by atoms with Crippen LogP contribution in [0.25, 0.3) is 0 Å². The maximum atomic E-state index is 12.6. The Morgan fingerprint density at radius 2 is 2.00 bits per heavy atom. The van der Waals surface area contributed by atoms with Crippen LogP contribution in [0.2, 0.25) is 0 Å². The second-order valence-corrected chi connectivity index (χ2v) is 6.31. The maximum absolute atomic E-state index is 12.6. The van der Waals surface area contributed by atoms with Crippen LogP contribution in [0.1, 0.15) is 44.4 Å². The van der Waals surface area contributed by atoms with Crippen LogP contribution in [0, 0.1) is 11.3 Å². The van der Waals surface area contributed by atoms with Crippen molar-refractivity contribution in [3.63, 3.8) is 0 Å². The highest BCUT2D eigenvalue weighted by atomic mass is 16.2. The number of hydrogen-bond acceptors (Lipinski definition) is 4.